The zero-order valence-corrected chi connectivity index (χ0v) is 8.31. The lowest BCUT2D eigenvalue weighted by Gasteiger charge is -1.97. The van der Waals surface area contributed by atoms with Gasteiger partial charge in [-0.1, -0.05) is 19.9 Å². The highest BCUT2D eigenvalue weighted by molar-refractivity contribution is 6.18. The largest absolute Gasteiger partial charge is 0.350 e. The Hall–Kier alpha value is -1.32. The van der Waals surface area contributed by atoms with E-state index >= 15 is 0 Å². The fraction of sp³-hybridized carbons (Fsp3) is 0.556. The van der Waals surface area contributed by atoms with Crippen molar-refractivity contribution in [1.29, 1.82) is 0 Å². The highest BCUT2D eigenvalue weighted by atomic mass is 16.2. The first-order valence-electron chi connectivity index (χ1n) is 4.48. The molecule has 74 valence electrons. The van der Waals surface area contributed by atoms with Crippen molar-refractivity contribution in [3.05, 3.63) is 11.6 Å². The molecule has 0 bridgehead atoms. The van der Waals surface area contributed by atoms with Crippen LogP contribution in [0.2, 0.25) is 0 Å². The quantitative estimate of drug-likeness (QED) is 0.417. The van der Waals surface area contributed by atoms with E-state index in [2.05, 4.69) is 10.6 Å². The third-order valence-electron chi connectivity index (χ3n) is 1.47. The molecule has 1 fully saturated rings. The third-order valence-corrected chi connectivity index (χ3v) is 1.47. The SMILES string of the molecule is CC.CC=C1C(=O)NCCNC1=O. The number of rotatable bonds is 0. The van der Waals surface area contributed by atoms with E-state index in [1.807, 2.05) is 13.8 Å². The van der Waals surface area contributed by atoms with E-state index in [4.69, 9.17) is 0 Å². The minimum Gasteiger partial charge on any atom is -0.350 e. The zero-order chi connectivity index (χ0) is 10.3. The highest BCUT2D eigenvalue weighted by Gasteiger charge is 2.18. The van der Waals surface area contributed by atoms with E-state index in [-0.39, 0.29) is 17.4 Å². The van der Waals surface area contributed by atoms with Gasteiger partial charge < -0.3 is 10.6 Å². The summed E-state index contributed by atoms with van der Waals surface area (Å²) in [6, 6.07) is 0. The summed E-state index contributed by atoms with van der Waals surface area (Å²) < 4.78 is 0. The number of carbonyl (C=O) groups is 2. The average molecular weight is 184 g/mol. The lowest BCUT2D eigenvalue weighted by molar-refractivity contribution is -0.122. The van der Waals surface area contributed by atoms with Gasteiger partial charge in [0.05, 0.1) is 5.57 Å². The van der Waals surface area contributed by atoms with Crippen molar-refractivity contribution in [2.45, 2.75) is 20.8 Å². The molecular weight excluding hydrogens is 168 g/mol. The van der Waals surface area contributed by atoms with Crippen LogP contribution in [0.25, 0.3) is 0 Å². The molecule has 4 heteroatoms. The zero-order valence-electron chi connectivity index (χ0n) is 8.31. The molecule has 0 unspecified atom stereocenters. The van der Waals surface area contributed by atoms with Crippen molar-refractivity contribution >= 4 is 11.8 Å². The van der Waals surface area contributed by atoms with Crippen LogP contribution in [0.3, 0.4) is 0 Å². The molecule has 0 atom stereocenters. The molecule has 4 nitrogen and oxygen atoms in total. The number of nitrogens with one attached hydrogen (secondary N) is 2. The Bertz CT molecular complexity index is 202. The first-order valence-corrected chi connectivity index (χ1v) is 4.48. The molecule has 1 aliphatic rings. The summed E-state index contributed by atoms with van der Waals surface area (Å²) in [5.41, 5.74) is 0.197. The molecule has 2 N–H and O–H groups in total. The van der Waals surface area contributed by atoms with Gasteiger partial charge in [0.1, 0.15) is 0 Å². The smallest absolute Gasteiger partial charge is 0.256 e. The topological polar surface area (TPSA) is 58.2 Å². The van der Waals surface area contributed by atoms with Gasteiger partial charge in [0.15, 0.2) is 0 Å². The maximum Gasteiger partial charge on any atom is 0.256 e. The Balaban J connectivity index is 0.000000671. The second-order valence-electron chi connectivity index (χ2n) is 2.21. The maximum absolute atomic E-state index is 11.0. The van der Waals surface area contributed by atoms with Gasteiger partial charge >= 0.3 is 0 Å². The summed E-state index contributed by atoms with van der Waals surface area (Å²) in [5, 5.41) is 5.17. The Labute approximate surface area is 78.4 Å². The van der Waals surface area contributed by atoms with Gasteiger partial charge in [0.25, 0.3) is 11.8 Å². The molecule has 2 amide bonds. The molecule has 0 aromatic heterocycles. The lowest BCUT2D eigenvalue weighted by atomic mass is 10.2. The summed E-state index contributed by atoms with van der Waals surface area (Å²) in [5.74, 6) is -0.579. The van der Waals surface area contributed by atoms with E-state index in [9.17, 15) is 9.59 Å². The van der Waals surface area contributed by atoms with Crippen molar-refractivity contribution in [2.75, 3.05) is 13.1 Å². The van der Waals surface area contributed by atoms with Crippen LogP contribution in [0.15, 0.2) is 11.6 Å². The molecule has 0 aromatic rings. The monoisotopic (exact) mass is 184 g/mol. The summed E-state index contributed by atoms with van der Waals surface area (Å²) in [7, 11) is 0. The predicted octanol–water partition coefficient (Wildman–Crippen LogP) is 0.205. The van der Waals surface area contributed by atoms with Crippen LogP contribution < -0.4 is 10.6 Å². The second-order valence-corrected chi connectivity index (χ2v) is 2.21. The fourth-order valence-electron chi connectivity index (χ4n) is 0.908. The third kappa shape index (κ3) is 3.27. The van der Waals surface area contributed by atoms with Gasteiger partial charge in [-0.05, 0) is 6.92 Å². The summed E-state index contributed by atoms with van der Waals surface area (Å²) in [6.07, 6.45) is 1.51. The Morgan fingerprint density at radius 3 is 1.77 bits per heavy atom. The van der Waals surface area contributed by atoms with E-state index in [1.54, 1.807) is 6.92 Å². The molecule has 1 heterocycles. The number of hydrogen-bond acceptors (Lipinski definition) is 2. The first kappa shape index (κ1) is 11.7. The highest BCUT2D eigenvalue weighted by Crippen LogP contribution is 1.96. The van der Waals surface area contributed by atoms with Crippen LogP contribution in [0, 0.1) is 0 Å². The molecular formula is C9H16N2O2. The Morgan fingerprint density at radius 2 is 1.46 bits per heavy atom. The molecule has 13 heavy (non-hydrogen) atoms. The fourth-order valence-corrected chi connectivity index (χ4v) is 0.908. The molecule has 0 aromatic carbocycles. The van der Waals surface area contributed by atoms with Crippen molar-refractivity contribution < 1.29 is 9.59 Å². The number of hydrogen-bond donors (Lipinski definition) is 2. The maximum atomic E-state index is 11.0. The molecule has 1 saturated heterocycles. The Morgan fingerprint density at radius 1 is 1.08 bits per heavy atom. The van der Waals surface area contributed by atoms with Gasteiger partial charge in [0, 0.05) is 13.1 Å². The molecule has 0 saturated carbocycles. The molecule has 0 spiro atoms. The Kier molecular flexibility index (Phi) is 5.59. The average Bonchev–Trinajstić information content (AvgIpc) is 2.31. The molecule has 1 aliphatic heterocycles. The van der Waals surface area contributed by atoms with Crippen molar-refractivity contribution in [3.63, 3.8) is 0 Å². The summed E-state index contributed by atoms with van der Waals surface area (Å²) in [6.45, 7) is 6.67. The standard InChI is InChI=1S/C7H10N2O2.C2H6/c1-2-5-6(10)8-3-4-9-7(5)11;1-2/h2H,3-4H2,1H3,(H,8,10)(H,9,11);1-2H3. The minimum absolute atomic E-state index is 0.197. The first-order chi connectivity index (χ1) is 6.25. The van der Waals surface area contributed by atoms with Crippen molar-refractivity contribution in [3.8, 4) is 0 Å². The van der Waals surface area contributed by atoms with Gasteiger partial charge in [-0.2, -0.15) is 0 Å². The van der Waals surface area contributed by atoms with Crippen LogP contribution in [-0.4, -0.2) is 24.9 Å². The predicted molar refractivity (Wildman–Crippen MR) is 51.1 cm³/mol. The van der Waals surface area contributed by atoms with E-state index in [0.717, 1.165) is 0 Å². The van der Waals surface area contributed by atoms with Crippen LogP contribution in [0.5, 0.6) is 0 Å². The number of carbonyl (C=O) groups excluding carboxylic acids is 2. The number of allylic oxidation sites excluding steroid dienone is 1. The van der Waals surface area contributed by atoms with Gasteiger partial charge in [-0.3, -0.25) is 9.59 Å². The van der Waals surface area contributed by atoms with Gasteiger partial charge in [-0.15, -0.1) is 0 Å². The van der Waals surface area contributed by atoms with Crippen LogP contribution >= 0.6 is 0 Å². The minimum atomic E-state index is -0.289. The van der Waals surface area contributed by atoms with Crippen molar-refractivity contribution in [2.24, 2.45) is 0 Å². The molecule has 0 aliphatic carbocycles. The van der Waals surface area contributed by atoms with E-state index < -0.39 is 0 Å². The van der Waals surface area contributed by atoms with Crippen molar-refractivity contribution in [1.82, 2.24) is 10.6 Å². The molecule has 0 radical (unpaired) electrons. The lowest BCUT2D eigenvalue weighted by Crippen LogP contribution is -2.26. The summed E-state index contributed by atoms with van der Waals surface area (Å²) >= 11 is 0. The second kappa shape index (κ2) is 6.22. The van der Waals surface area contributed by atoms with Crippen LogP contribution in [0.4, 0.5) is 0 Å². The normalized spacial score (nSPS) is 16.1. The molecule has 1 rings (SSSR count). The number of amides is 2. The van der Waals surface area contributed by atoms with Gasteiger partial charge in [-0.25, -0.2) is 0 Å². The summed E-state index contributed by atoms with van der Waals surface area (Å²) in [4.78, 5) is 22.0. The van der Waals surface area contributed by atoms with E-state index in [1.165, 1.54) is 6.08 Å². The van der Waals surface area contributed by atoms with E-state index in [0.29, 0.717) is 13.1 Å². The van der Waals surface area contributed by atoms with Crippen LogP contribution in [0.1, 0.15) is 20.8 Å². The van der Waals surface area contributed by atoms with Gasteiger partial charge in [0.2, 0.25) is 0 Å². The van der Waals surface area contributed by atoms with Crippen LogP contribution in [-0.2, 0) is 9.59 Å².